The molecule has 0 aliphatic rings. The second-order valence-corrected chi connectivity index (χ2v) is 5.51. The van der Waals surface area contributed by atoms with Crippen LogP contribution in [0, 0.1) is 6.92 Å². The molecule has 1 rings (SSSR count). The number of nitrogen functional groups attached to an aromatic ring is 1. The number of hydrogen-bond acceptors (Lipinski definition) is 4. The summed E-state index contributed by atoms with van der Waals surface area (Å²) in [5.41, 5.74) is 6.72. The fourth-order valence-electron chi connectivity index (χ4n) is 1.28. The molecule has 0 saturated heterocycles. The number of aliphatic hydroxyl groups excluding tert-OH is 1. The Morgan fingerprint density at radius 2 is 2.07 bits per heavy atom. The standard InChI is InChI=1S/C10H15NO3S/c1-8-3-4-9(11)10(7-8)15(13,14)6-2-5-12/h3-4,7,12H,2,5-6,11H2,1H3. The van der Waals surface area contributed by atoms with Crippen LogP contribution in [0.2, 0.25) is 0 Å². The fraction of sp³-hybridized carbons (Fsp3) is 0.400. The normalized spacial score (nSPS) is 11.6. The Hall–Kier alpha value is -1.07. The van der Waals surface area contributed by atoms with Crippen molar-refractivity contribution in [3.05, 3.63) is 23.8 Å². The zero-order valence-electron chi connectivity index (χ0n) is 8.60. The van der Waals surface area contributed by atoms with Crippen molar-refractivity contribution in [1.29, 1.82) is 0 Å². The van der Waals surface area contributed by atoms with Crippen molar-refractivity contribution < 1.29 is 13.5 Å². The lowest BCUT2D eigenvalue weighted by Crippen LogP contribution is -2.10. The number of benzene rings is 1. The lowest BCUT2D eigenvalue weighted by Gasteiger charge is -2.07. The molecule has 5 heteroatoms. The molecule has 0 amide bonds. The highest BCUT2D eigenvalue weighted by molar-refractivity contribution is 7.91. The highest BCUT2D eigenvalue weighted by atomic mass is 32.2. The summed E-state index contributed by atoms with van der Waals surface area (Å²) in [6.45, 7) is 1.68. The summed E-state index contributed by atoms with van der Waals surface area (Å²) in [6.07, 6.45) is 0.232. The molecule has 15 heavy (non-hydrogen) atoms. The summed E-state index contributed by atoms with van der Waals surface area (Å²) in [4.78, 5) is 0.163. The first-order chi connectivity index (χ1) is 6.97. The second-order valence-electron chi connectivity index (χ2n) is 3.44. The van der Waals surface area contributed by atoms with E-state index in [-0.39, 0.29) is 29.4 Å². The number of aryl methyl sites for hydroxylation is 1. The maximum atomic E-state index is 11.8. The second kappa shape index (κ2) is 4.63. The van der Waals surface area contributed by atoms with Gasteiger partial charge in [0, 0.05) is 6.61 Å². The van der Waals surface area contributed by atoms with Crippen molar-refractivity contribution in [3.8, 4) is 0 Å². The Kier molecular flexibility index (Phi) is 3.71. The lowest BCUT2D eigenvalue weighted by atomic mass is 10.2. The van der Waals surface area contributed by atoms with Gasteiger partial charge in [0.1, 0.15) is 0 Å². The van der Waals surface area contributed by atoms with Crippen LogP contribution in [0.1, 0.15) is 12.0 Å². The monoisotopic (exact) mass is 229 g/mol. The number of nitrogens with two attached hydrogens (primary N) is 1. The van der Waals surface area contributed by atoms with Gasteiger partial charge in [0.15, 0.2) is 9.84 Å². The molecule has 1 aromatic rings. The van der Waals surface area contributed by atoms with Crippen molar-refractivity contribution in [2.24, 2.45) is 0 Å². The molecule has 0 spiro atoms. The summed E-state index contributed by atoms with van der Waals surface area (Å²) in [5.74, 6) is -0.0723. The van der Waals surface area contributed by atoms with Crippen molar-refractivity contribution >= 4 is 15.5 Å². The molecular weight excluding hydrogens is 214 g/mol. The molecule has 0 heterocycles. The molecular formula is C10H15NO3S. The van der Waals surface area contributed by atoms with E-state index in [1.807, 2.05) is 6.92 Å². The first kappa shape index (κ1) is 12.0. The zero-order chi connectivity index (χ0) is 11.5. The van der Waals surface area contributed by atoms with Gasteiger partial charge in [-0.15, -0.1) is 0 Å². The smallest absolute Gasteiger partial charge is 0.180 e. The van der Waals surface area contributed by atoms with E-state index < -0.39 is 9.84 Å². The van der Waals surface area contributed by atoms with Gasteiger partial charge in [-0.2, -0.15) is 0 Å². The SMILES string of the molecule is Cc1ccc(N)c(S(=O)(=O)CCCO)c1. The van der Waals surface area contributed by atoms with Crippen LogP contribution in [-0.4, -0.2) is 25.9 Å². The van der Waals surface area contributed by atoms with Gasteiger partial charge in [-0.3, -0.25) is 0 Å². The van der Waals surface area contributed by atoms with Gasteiger partial charge in [-0.1, -0.05) is 6.07 Å². The summed E-state index contributed by atoms with van der Waals surface area (Å²) < 4.78 is 23.5. The van der Waals surface area contributed by atoms with Crippen molar-refractivity contribution in [2.45, 2.75) is 18.2 Å². The minimum atomic E-state index is -3.36. The Morgan fingerprint density at radius 3 is 2.67 bits per heavy atom. The molecule has 0 fully saturated rings. The number of rotatable bonds is 4. The summed E-state index contributed by atoms with van der Waals surface area (Å²) in [5, 5.41) is 8.60. The maximum absolute atomic E-state index is 11.8. The molecule has 0 aromatic heterocycles. The van der Waals surface area contributed by atoms with Crippen molar-refractivity contribution in [1.82, 2.24) is 0 Å². The van der Waals surface area contributed by atoms with Crippen LogP contribution in [0.5, 0.6) is 0 Å². The predicted molar refractivity (Wildman–Crippen MR) is 59.3 cm³/mol. The highest BCUT2D eigenvalue weighted by Crippen LogP contribution is 2.21. The Bertz CT molecular complexity index is 440. The van der Waals surface area contributed by atoms with Crippen LogP contribution >= 0.6 is 0 Å². The van der Waals surface area contributed by atoms with Gasteiger partial charge in [-0.25, -0.2) is 8.42 Å². The molecule has 0 aliphatic heterocycles. The van der Waals surface area contributed by atoms with Crippen molar-refractivity contribution in [3.63, 3.8) is 0 Å². The van der Waals surface area contributed by atoms with E-state index in [1.54, 1.807) is 18.2 Å². The Morgan fingerprint density at radius 1 is 1.40 bits per heavy atom. The highest BCUT2D eigenvalue weighted by Gasteiger charge is 2.16. The summed E-state index contributed by atoms with van der Waals surface area (Å²) >= 11 is 0. The molecule has 1 aromatic carbocycles. The minimum Gasteiger partial charge on any atom is -0.398 e. The minimum absolute atomic E-state index is 0.0723. The number of aliphatic hydroxyl groups is 1. The molecule has 0 radical (unpaired) electrons. The van der Waals surface area contributed by atoms with Gasteiger partial charge >= 0.3 is 0 Å². The average molecular weight is 229 g/mol. The van der Waals surface area contributed by atoms with E-state index in [0.29, 0.717) is 0 Å². The lowest BCUT2D eigenvalue weighted by molar-refractivity contribution is 0.295. The van der Waals surface area contributed by atoms with E-state index >= 15 is 0 Å². The molecule has 3 N–H and O–H groups in total. The molecule has 0 saturated carbocycles. The molecule has 4 nitrogen and oxygen atoms in total. The summed E-state index contributed by atoms with van der Waals surface area (Å²) in [7, 11) is -3.36. The van der Waals surface area contributed by atoms with Crippen LogP contribution in [-0.2, 0) is 9.84 Å². The van der Waals surface area contributed by atoms with Crippen LogP contribution in [0.15, 0.2) is 23.1 Å². The fourth-order valence-corrected chi connectivity index (χ4v) is 2.80. The van der Waals surface area contributed by atoms with Crippen LogP contribution < -0.4 is 5.73 Å². The van der Waals surface area contributed by atoms with Crippen LogP contribution in [0.25, 0.3) is 0 Å². The van der Waals surface area contributed by atoms with E-state index in [2.05, 4.69) is 0 Å². The molecule has 0 unspecified atom stereocenters. The van der Waals surface area contributed by atoms with Gasteiger partial charge in [0.2, 0.25) is 0 Å². The zero-order valence-corrected chi connectivity index (χ0v) is 9.42. The Labute approximate surface area is 89.7 Å². The third-order valence-corrected chi connectivity index (χ3v) is 3.93. The Balaban J connectivity index is 3.09. The first-order valence-electron chi connectivity index (χ1n) is 4.67. The van der Waals surface area contributed by atoms with E-state index in [4.69, 9.17) is 10.8 Å². The third-order valence-electron chi connectivity index (χ3n) is 2.08. The number of hydrogen-bond donors (Lipinski definition) is 2. The number of sulfone groups is 1. The van der Waals surface area contributed by atoms with Gasteiger partial charge in [0.05, 0.1) is 16.3 Å². The van der Waals surface area contributed by atoms with Crippen LogP contribution in [0.3, 0.4) is 0 Å². The van der Waals surface area contributed by atoms with E-state index in [0.717, 1.165) is 5.56 Å². The van der Waals surface area contributed by atoms with E-state index in [9.17, 15) is 8.42 Å². The largest absolute Gasteiger partial charge is 0.398 e. The molecule has 84 valence electrons. The van der Waals surface area contributed by atoms with Gasteiger partial charge in [0.25, 0.3) is 0 Å². The molecule has 0 atom stereocenters. The van der Waals surface area contributed by atoms with Gasteiger partial charge < -0.3 is 10.8 Å². The van der Waals surface area contributed by atoms with Crippen LogP contribution in [0.4, 0.5) is 5.69 Å². The number of anilines is 1. The van der Waals surface area contributed by atoms with Crippen molar-refractivity contribution in [2.75, 3.05) is 18.1 Å². The van der Waals surface area contributed by atoms with E-state index in [1.165, 1.54) is 0 Å². The summed E-state index contributed by atoms with van der Waals surface area (Å²) in [6, 6.07) is 4.91. The third kappa shape index (κ3) is 2.94. The predicted octanol–water partition coefficient (Wildman–Crippen LogP) is 0.733. The maximum Gasteiger partial charge on any atom is 0.180 e. The topological polar surface area (TPSA) is 80.4 Å². The average Bonchev–Trinajstić information content (AvgIpc) is 2.18. The molecule has 0 aliphatic carbocycles. The van der Waals surface area contributed by atoms with Gasteiger partial charge in [-0.05, 0) is 31.0 Å². The molecule has 0 bridgehead atoms. The first-order valence-corrected chi connectivity index (χ1v) is 6.32. The quantitative estimate of drug-likeness (QED) is 0.746.